The van der Waals surface area contributed by atoms with Crippen molar-refractivity contribution in [2.24, 2.45) is 4.99 Å². The molecule has 0 saturated carbocycles. The second-order valence-electron chi connectivity index (χ2n) is 6.07. The fourth-order valence-corrected chi connectivity index (χ4v) is 3.75. The van der Waals surface area contributed by atoms with Crippen LogP contribution in [0.25, 0.3) is 0 Å². The van der Waals surface area contributed by atoms with Gasteiger partial charge >= 0.3 is 0 Å². The molecular weight excluding hydrogens is 478 g/mol. The maximum absolute atomic E-state index is 13.7. The van der Waals surface area contributed by atoms with E-state index in [1.165, 1.54) is 16.5 Å². The molecule has 146 valence electrons. The van der Waals surface area contributed by atoms with Crippen LogP contribution in [0.2, 0.25) is 0 Å². The van der Waals surface area contributed by atoms with Crippen molar-refractivity contribution in [3.05, 3.63) is 57.5 Å². The molecule has 0 bridgehead atoms. The standard InChI is InChI=1S/C19H23FN4OS.HI/c1-2-21-19(22-11-14-5-3-4-6-16(14)20)23-12-18(25)24-9-7-17-15(13-24)8-10-26-17;/h3-6,8,10H,2,7,9,11-13H2,1H3,(H2,21,22,23);1H. The van der Waals surface area contributed by atoms with Crippen LogP contribution in [0.4, 0.5) is 4.39 Å². The largest absolute Gasteiger partial charge is 0.357 e. The summed E-state index contributed by atoms with van der Waals surface area (Å²) >= 11 is 1.76. The number of halogens is 2. The van der Waals surface area contributed by atoms with Crippen LogP contribution < -0.4 is 10.6 Å². The minimum absolute atomic E-state index is 0. The summed E-state index contributed by atoms with van der Waals surface area (Å²) < 4.78 is 13.7. The summed E-state index contributed by atoms with van der Waals surface area (Å²) in [4.78, 5) is 20.1. The number of hydrogen-bond acceptors (Lipinski definition) is 3. The van der Waals surface area contributed by atoms with E-state index in [0.717, 1.165) is 13.0 Å². The van der Waals surface area contributed by atoms with Crippen molar-refractivity contribution in [3.63, 3.8) is 0 Å². The van der Waals surface area contributed by atoms with Crippen molar-refractivity contribution in [2.45, 2.75) is 26.4 Å². The summed E-state index contributed by atoms with van der Waals surface area (Å²) in [7, 11) is 0. The average Bonchev–Trinajstić information content (AvgIpc) is 3.12. The Bertz CT molecular complexity index is 796. The molecule has 0 aliphatic carbocycles. The van der Waals surface area contributed by atoms with Crippen LogP contribution in [0.15, 0.2) is 40.7 Å². The van der Waals surface area contributed by atoms with Crippen molar-refractivity contribution < 1.29 is 9.18 Å². The smallest absolute Gasteiger partial charge is 0.242 e. The Morgan fingerprint density at radius 1 is 1.30 bits per heavy atom. The highest BCUT2D eigenvalue weighted by Gasteiger charge is 2.21. The van der Waals surface area contributed by atoms with E-state index >= 15 is 0 Å². The van der Waals surface area contributed by atoms with Crippen LogP contribution >= 0.6 is 35.3 Å². The lowest BCUT2D eigenvalue weighted by Gasteiger charge is -2.27. The summed E-state index contributed by atoms with van der Waals surface area (Å²) in [6.07, 6.45) is 0.917. The van der Waals surface area contributed by atoms with Gasteiger partial charge in [0.05, 0.1) is 13.1 Å². The fraction of sp³-hybridized carbons (Fsp3) is 0.368. The van der Waals surface area contributed by atoms with Crippen LogP contribution in [0, 0.1) is 5.82 Å². The number of thiophene rings is 1. The zero-order valence-corrected chi connectivity index (χ0v) is 18.4. The summed E-state index contributed by atoms with van der Waals surface area (Å²) in [6, 6.07) is 8.66. The molecule has 2 heterocycles. The van der Waals surface area contributed by atoms with Crippen LogP contribution in [-0.2, 0) is 24.3 Å². The van der Waals surface area contributed by atoms with E-state index in [0.29, 0.717) is 24.6 Å². The van der Waals surface area contributed by atoms with Gasteiger partial charge in [-0.05, 0) is 36.4 Å². The highest BCUT2D eigenvalue weighted by Crippen LogP contribution is 2.23. The molecule has 0 radical (unpaired) electrons. The van der Waals surface area contributed by atoms with Crippen LogP contribution in [-0.4, -0.2) is 36.4 Å². The molecule has 0 unspecified atom stereocenters. The molecule has 1 aromatic heterocycles. The molecule has 1 aliphatic rings. The molecule has 2 N–H and O–H groups in total. The molecule has 0 saturated heterocycles. The first-order valence-electron chi connectivity index (χ1n) is 8.76. The number of nitrogens with zero attached hydrogens (tertiary/aromatic N) is 2. The summed E-state index contributed by atoms with van der Waals surface area (Å²) in [5, 5.41) is 8.22. The van der Waals surface area contributed by atoms with Gasteiger partial charge in [0.15, 0.2) is 5.96 Å². The van der Waals surface area contributed by atoms with E-state index in [-0.39, 0.29) is 48.8 Å². The Balaban J connectivity index is 0.00000261. The van der Waals surface area contributed by atoms with E-state index in [9.17, 15) is 9.18 Å². The number of benzene rings is 1. The number of aliphatic imine (C=N–C) groups is 1. The molecule has 8 heteroatoms. The zero-order valence-electron chi connectivity index (χ0n) is 15.2. The topological polar surface area (TPSA) is 56.7 Å². The van der Waals surface area contributed by atoms with E-state index in [2.05, 4.69) is 27.1 Å². The number of rotatable bonds is 5. The highest BCUT2D eigenvalue weighted by molar-refractivity contribution is 14.0. The van der Waals surface area contributed by atoms with Crippen LogP contribution in [0.1, 0.15) is 22.9 Å². The Hall–Kier alpha value is -1.68. The molecule has 0 fully saturated rings. The molecule has 1 aromatic carbocycles. The fourth-order valence-electron chi connectivity index (χ4n) is 2.87. The number of carbonyl (C=O) groups is 1. The number of carbonyl (C=O) groups excluding carboxylic acids is 1. The molecule has 1 aliphatic heterocycles. The second-order valence-corrected chi connectivity index (χ2v) is 7.08. The zero-order chi connectivity index (χ0) is 18.4. The van der Waals surface area contributed by atoms with Gasteiger partial charge in [-0.1, -0.05) is 18.2 Å². The van der Waals surface area contributed by atoms with Crippen molar-refractivity contribution in [3.8, 4) is 0 Å². The minimum Gasteiger partial charge on any atom is -0.357 e. The van der Waals surface area contributed by atoms with Gasteiger partial charge in [0.2, 0.25) is 5.91 Å². The monoisotopic (exact) mass is 502 g/mol. The van der Waals surface area contributed by atoms with E-state index in [1.54, 1.807) is 29.5 Å². The lowest BCUT2D eigenvalue weighted by molar-refractivity contribution is -0.130. The van der Waals surface area contributed by atoms with Gasteiger partial charge in [0, 0.05) is 30.1 Å². The third-order valence-electron chi connectivity index (χ3n) is 4.28. The van der Waals surface area contributed by atoms with Crippen LogP contribution in [0.3, 0.4) is 0 Å². The lowest BCUT2D eigenvalue weighted by atomic mass is 10.1. The molecule has 3 rings (SSSR count). The first-order valence-corrected chi connectivity index (χ1v) is 9.64. The summed E-state index contributed by atoms with van der Waals surface area (Å²) in [6.45, 7) is 4.42. The highest BCUT2D eigenvalue weighted by atomic mass is 127. The molecule has 0 atom stereocenters. The van der Waals surface area contributed by atoms with Gasteiger partial charge in [0.25, 0.3) is 0 Å². The predicted molar refractivity (Wildman–Crippen MR) is 118 cm³/mol. The van der Waals surface area contributed by atoms with E-state index in [1.807, 2.05) is 11.8 Å². The minimum atomic E-state index is -0.275. The first-order chi connectivity index (χ1) is 12.7. The number of nitrogens with one attached hydrogen (secondary N) is 2. The van der Waals surface area contributed by atoms with Crippen molar-refractivity contribution in [2.75, 3.05) is 19.6 Å². The van der Waals surface area contributed by atoms with Crippen LogP contribution in [0.5, 0.6) is 0 Å². The number of amides is 1. The Morgan fingerprint density at radius 2 is 2.11 bits per heavy atom. The van der Waals surface area contributed by atoms with Gasteiger partial charge in [-0.3, -0.25) is 4.79 Å². The van der Waals surface area contributed by atoms with E-state index < -0.39 is 0 Å². The maximum Gasteiger partial charge on any atom is 0.242 e. The molecule has 27 heavy (non-hydrogen) atoms. The first kappa shape index (κ1) is 21.6. The third kappa shape index (κ3) is 5.90. The Morgan fingerprint density at radius 3 is 2.89 bits per heavy atom. The number of hydrogen-bond donors (Lipinski definition) is 2. The summed E-state index contributed by atoms with van der Waals surface area (Å²) in [5.74, 6) is 0.277. The molecule has 1 amide bonds. The predicted octanol–water partition coefficient (Wildman–Crippen LogP) is 3.15. The Labute approximate surface area is 180 Å². The second kappa shape index (κ2) is 10.6. The van der Waals surface area contributed by atoms with Crippen molar-refractivity contribution in [1.29, 1.82) is 0 Å². The third-order valence-corrected chi connectivity index (χ3v) is 5.30. The van der Waals surface area contributed by atoms with Gasteiger partial charge < -0.3 is 15.5 Å². The maximum atomic E-state index is 13.7. The lowest BCUT2D eigenvalue weighted by Crippen LogP contribution is -2.45. The van der Waals surface area contributed by atoms with Gasteiger partial charge in [-0.15, -0.1) is 35.3 Å². The van der Waals surface area contributed by atoms with Crippen molar-refractivity contribution >= 4 is 47.2 Å². The van der Waals surface area contributed by atoms with E-state index in [4.69, 9.17) is 0 Å². The van der Waals surface area contributed by atoms with Gasteiger partial charge in [-0.25, -0.2) is 9.38 Å². The SMILES string of the molecule is CCNC(=NCc1ccccc1F)NCC(=O)N1CCc2sccc2C1.I. The number of fused-ring (bicyclic) bond motifs is 1. The molecule has 5 nitrogen and oxygen atoms in total. The normalized spacial score (nSPS) is 13.6. The average molecular weight is 502 g/mol. The van der Waals surface area contributed by atoms with Gasteiger partial charge in [-0.2, -0.15) is 0 Å². The molecular formula is C19H24FIN4OS. The molecule has 0 spiro atoms. The summed E-state index contributed by atoms with van der Waals surface area (Å²) in [5.41, 5.74) is 1.77. The Kier molecular flexibility index (Phi) is 8.49. The quantitative estimate of drug-likeness (QED) is 0.376. The molecule has 2 aromatic rings. The number of guanidine groups is 1. The van der Waals surface area contributed by atoms with Gasteiger partial charge in [0.1, 0.15) is 5.82 Å². The van der Waals surface area contributed by atoms with Crippen molar-refractivity contribution in [1.82, 2.24) is 15.5 Å².